The Bertz CT molecular complexity index is 500. The number of methoxy groups -OCH3 is 1. The van der Waals surface area contributed by atoms with E-state index in [1.807, 2.05) is 6.92 Å². The van der Waals surface area contributed by atoms with Gasteiger partial charge in [0.25, 0.3) is 5.91 Å². The van der Waals surface area contributed by atoms with Gasteiger partial charge >= 0.3 is 5.97 Å². The molecule has 6 nitrogen and oxygen atoms in total. The molecule has 7 heteroatoms. The highest BCUT2D eigenvalue weighted by atomic mass is 32.1. The summed E-state index contributed by atoms with van der Waals surface area (Å²) < 4.78 is 9.97. The van der Waals surface area contributed by atoms with Crippen LogP contribution < -0.4 is 0 Å². The average Bonchev–Trinajstić information content (AvgIpc) is 2.76. The van der Waals surface area contributed by atoms with Gasteiger partial charge in [-0.05, 0) is 13.8 Å². The zero-order valence-electron chi connectivity index (χ0n) is 11.1. The fourth-order valence-electron chi connectivity index (χ4n) is 2.04. The van der Waals surface area contributed by atoms with E-state index in [1.54, 1.807) is 6.92 Å². The lowest BCUT2D eigenvalue weighted by atomic mass is 10.2. The van der Waals surface area contributed by atoms with Crippen LogP contribution in [0, 0.1) is 13.8 Å². The Labute approximate surface area is 115 Å². The second kappa shape index (κ2) is 5.66. The molecule has 1 aromatic rings. The van der Waals surface area contributed by atoms with Crippen molar-refractivity contribution in [2.75, 3.05) is 26.9 Å². The summed E-state index contributed by atoms with van der Waals surface area (Å²) in [6.07, 6.45) is 0. The Kier molecular flexibility index (Phi) is 4.16. The lowest BCUT2D eigenvalue weighted by Crippen LogP contribution is -2.53. The SMILES string of the molecule is COC(=O)C1COCCN1C(=O)c1sc(C)nc1C. The van der Waals surface area contributed by atoms with E-state index < -0.39 is 12.0 Å². The summed E-state index contributed by atoms with van der Waals surface area (Å²) in [5.74, 6) is -0.631. The van der Waals surface area contributed by atoms with Crippen LogP contribution in [0.3, 0.4) is 0 Å². The van der Waals surface area contributed by atoms with E-state index in [0.29, 0.717) is 23.7 Å². The molecule has 1 unspecified atom stereocenters. The number of aryl methyl sites for hydroxylation is 2. The molecule has 1 fully saturated rings. The monoisotopic (exact) mass is 284 g/mol. The van der Waals surface area contributed by atoms with Gasteiger partial charge in [-0.15, -0.1) is 11.3 Å². The van der Waals surface area contributed by atoms with Crippen molar-refractivity contribution < 1.29 is 19.1 Å². The van der Waals surface area contributed by atoms with Crippen LogP contribution in [0.2, 0.25) is 0 Å². The van der Waals surface area contributed by atoms with E-state index in [-0.39, 0.29) is 12.5 Å². The minimum absolute atomic E-state index is 0.176. The predicted octanol–water partition coefficient (Wildman–Crippen LogP) is 0.774. The molecule has 0 aromatic carbocycles. The molecule has 104 valence electrons. The van der Waals surface area contributed by atoms with Crippen LogP contribution >= 0.6 is 11.3 Å². The van der Waals surface area contributed by atoms with Crippen molar-refractivity contribution >= 4 is 23.2 Å². The second-order valence-corrected chi connectivity index (χ2v) is 5.46. The first-order valence-electron chi connectivity index (χ1n) is 5.95. The zero-order valence-corrected chi connectivity index (χ0v) is 12.0. The molecule has 2 heterocycles. The second-order valence-electron chi connectivity index (χ2n) is 4.26. The summed E-state index contributed by atoms with van der Waals surface area (Å²) >= 11 is 1.34. The summed E-state index contributed by atoms with van der Waals surface area (Å²) in [7, 11) is 1.31. The van der Waals surface area contributed by atoms with E-state index in [1.165, 1.54) is 23.3 Å². The Morgan fingerprint density at radius 1 is 1.47 bits per heavy atom. The summed E-state index contributed by atoms with van der Waals surface area (Å²) in [5, 5.41) is 0.837. The van der Waals surface area contributed by atoms with Gasteiger partial charge in [0.1, 0.15) is 4.88 Å². The molecule has 1 aliphatic rings. The first-order valence-corrected chi connectivity index (χ1v) is 6.76. The number of carbonyl (C=O) groups is 2. The van der Waals surface area contributed by atoms with Crippen LogP contribution in [0.15, 0.2) is 0 Å². The minimum Gasteiger partial charge on any atom is -0.467 e. The maximum Gasteiger partial charge on any atom is 0.331 e. The van der Waals surface area contributed by atoms with Gasteiger partial charge < -0.3 is 14.4 Å². The predicted molar refractivity (Wildman–Crippen MR) is 69.2 cm³/mol. The van der Waals surface area contributed by atoms with Crippen LogP contribution in [-0.4, -0.2) is 54.7 Å². The Hall–Kier alpha value is -1.47. The Balaban J connectivity index is 2.25. The number of amides is 1. The van der Waals surface area contributed by atoms with Gasteiger partial charge in [-0.2, -0.15) is 0 Å². The van der Waals surface area contributed by atoms with Crippen molar-refractivity contribution in [1.82, 2.24) is 9.88 Å². The lowest BCUT2D eigenvalue weighted by molar-refractivity contribution is -0.151. The Morgan fingerprint density at radius 2 is 2.21 bits per heavy atom. The number of thiazole rings is 1. The van der Waals surface area contributed by atoms with Gasteiger partial charge in [-0.1, -0.05) is 0 Å². The van der Waals surface area contributed by atoms with E-state index >= 15 is 0 Å². The lowest BCUT2D eigenvalue weighted by Gasteiger charge is -2.33. The van der Waals surface area contributed by atoms with Gasteiger partial charge in [-0.25, -0.2) is 9.78 Å². The molecule has 1 atom stereocenters. The van der Waals surface area contributed by atoms with Gasteiger partial charge in [0, 0.05) is 6.54 Å². The first-order chi connectivity index (χ1) is 9.04. The van der Waals surface area contributed by atoms with Crippen LogP contribution in [0.4, 0.5) is 0 Å². The molecule has 0 aliphatic carbocycles. The molecule has 1 amide bonds. The summed E-state index contributed by atoms with van der Waals surface area (Å²) in [6, 6.07) is -0.673. The van der Waals surface area contributed by atoms with Gasteiger partial charge in [0.15, 0.2) is 6.04 Å². The van der Waals surface area contributed by atoms with E-state index in [2.05, 4.69) is 4.98 Å². The molecule has 2 rings (SSSR count). The number of hydrogen-bond acceptors (Lipinski definition) is 6. The number of nitrogens with zero attached hydrogens (tertiary/aromatic N) is 2. The number of ether oxygens (including phenoxy) is 2. The number of aromatic nitrogens is 1. The molecule has 0 bridgehead atoms. The van der Waals surface area contributed by atoms with E-state index in [9.17, 15) is 9.59 Å². The third kappa shape index (κ3) is 2.76. The van der Waals surface area contributed by atoms with Crippen molar-refractivity contribution in [3.05, 3.63) is 15.6 Å². The molecule has 0 N–H and O–H groups in total. The molecule has 0 spiro atoms. The first kappa shape index (κ1) is 14.0. The largest absolute Gasteiger partial charge is 0.467 e. The van der Waals surface area contributed by atoms with Gasteiger partial charge in [-0.3, -0.25) is 4.79 Å². The van der Waals surface area contributed by atoms with Crippen molar-refractivity contribution in [2.45, 2.75) is 19.9 Å². The van der Waals surface area contributed by atoms with Gasteiger partial charge in [0.2, 0.25) is 0 Å². The van der Waals surface area contributed by atoms with Crippen LogP contribution in [0.5, 0.6) is 0 Å². The third-order valence-electron chi connectivity index (χ3n) is 2.96. The van der Waals surface area contributed by atoms with Crippen LogP contribution in [0.1, 0.15) is 20.4 Å². The third-order valence-corrected chi connectivity index (χ3v) is 4.02. The van der Waals surface area contributed by atoms with Gasteiger partial charge in [0.05, 0.1) is 31.0 Å². The fraction of sp³-hybridized carbons (Fsp3) is 0.583. The normalized spacial score (nSPS) is 19.3. The van der Waals surface area contributed by atoms with Crippen LogP contribution in [-0.2, 0) is 14.3 Å². The van der Waals surface area contributed by atoms with E-state index in [0.717, 1.165) is 5.01 Å². The van der Waals surface area contributed by atoms with E-state index in [4.69, 9.17) is 9.47 Å². The molecular weight excluding hydrogens is 268 g/mol. The molecule has 1 saturated heterocycles. The quantitative estimate of drug-likeness (QED) is 0.750. The highest BCUT2D eigenvalue weighted by Crippen LogP contribution is 2.21. The topological polar surface area (TPSA) is 68.7 Å². The average molecular weight is 284 g/mol. The minimum atomic E-state index is -0.673. The number of rotatable bonds is 2. The zero-order chi connectivity index (χ0) is 14.0. The molecule has 19 heavy (non-hydrogen) atoms. The van der Waals surface area contributed by atoms with Crippen molar-refractivity contribution in [3.8, 4) is 0 Å². The molecule has 0 radical (unpaired) electrons. The van der Waals surface area contributed by atoms with Crippen molar-refractivity contribution in [2.24, 2.45) is 0 Å². The standard InChI is InChI=1S/C12H16N2O4S/c1-7-10(19-8(2)13-7)11(15)14-4-5-18-6-9(14)12(16)17-3/h9H,4-6H2,1-3H3. The fourth-order valence-corrected chi connectivity index (χ4v) is 2.91. The molecular formula is C12H16N2O4S. The number of esters is 1. The smallest absolute Gasteiger partial charge is 0.331 e. The summed E-state index contributed by atoms with van der Waals surface area (Å²) in [5.41, 5.74) is 0.697. The number of hydrogen-bond donors (Lipinski definition) is 0. The number of carbonyl (C=O) groups excluding carboxylic acids is 2. The molecule has 0 saturated carbocycles. The Morgan fingerprint density at radius 3 is 2.79 bits per heavy atom. The highest BCUT2D eigenvalue weighted by Gasteiger charge is 2.35. The van der Waals surface area contributed by atoms with Crippen LogP contribution in [0.25, 0.3) is 0 Å². The maximum atomic E-state index is 12.5. The summed E-state index contributed by atoms with van der Waals surface area (Å²) in [6.45, 7) is 4.64. The molecule has 1 aliphatic heterocycles. The molecule has 1 aromatic heterocycles. The maximum absolute atomic E-state index is 12.5. The van der Waals surface area contributed by atoms with Crippen molar-refractivity contribution in [1.29, 1.82) is 0 Å². The van der Waals surface area contributed by atoms with Crippen molar-refractivity contribution in [3.63, 3.8) is 0 Å². The highest BCUT2D eigenvalue weighted by molar-refractivity contribution is 7.13. The number of morpholine rings is 1. The summed E-state index contributed by atoms with van der Waals surface area (Å²) in [4.78, 5) is 30.5.